The smallest absolute Gasteiger partial charge is 0.143 e. The highest BCUT2D eigenvalue weighted by Crippen LogP contribution is 2.48. The van der Waals surface area contributed by atoms with Crippen LogP contribution in [-0.4, -0.2) is 0 Å². The van der Waals surface area contributed by atoms with Gasteiger partial charge in [-0.1, -0.05) is 127 Å². The van der Waals surface area contributed by atoms with Crippen LogP contribution in [0.2, 0.25) is 0 Å². The van der Waals surface area contributed by atoms with Gasteiger partial charge < -0.3 is 4.42 Å². The van der Waals surface area contributed by atoms with Crippen molar-refractivity contribution in [1.82, 2.24) is 5.32 Å². The number of hydrogen-bond acceptors (Lipinski definition) is 3. The molecule has 2 aromatic heterocycles. The van der Waals surface area contributed by atoms with E-state index in [1.165, 1.54) is 53.4 Å². The first kappa shape index (κ1) is 28.0. The molecule has 6 aromatic carbocycles. The van der Waals surface area contributed by atoms with Gasteiger partial charge in [0.2, 0.25) is 0 Å². The van der Waals surface area contributed by atoms with Crippen LogP contribution in [0.25, 0.3) is 58.8 Å². The molecule has 1 aliphatic heterocycles. The van der Waals surface area contributed by atoms with Gasteiger partial charge in [0.1, 0.15) is 11.2 Å². The maximum Gasteiger partial charge on any atom is 0.143 e. The second-order valence-electron chi connectivity index (χ2n) is 12.6. The number of benzene rings is 6. The Labute approximate surface area is 278 Å². The molecule has 1 aliphatic rings. The van der Waals surface area contributed by atoms with E-state index in [0.29, 0.717) is 0 Å². The summed E-state index contributed by atoms with van der Waals surface area (Å²) in [5.74, 6) is 0. The minimum absolute atomic E-state index is 0.00557. The third-order valence-corrected chi connectivity index (χ3v) is 11.0. The van der Waals surface area contributed by atoms with E-state index >= 15 is 0 Å². The van der Waals surface area contributed by atoms with Crippen molar-refractivity contribution in [3.63, 3.8) is 0 Å². The Kier molecular flexibility index (Phi) is 6.70. The molecule has 0 saturated carbocycles. The summed E-state index contributed by atoms with van der Waals surface area (Å²) in [4.78, 5) is 0. The summed E-state index contributed by atoms with van der Waals surface area (Å²) in [5.41, 5.74) is 11.6. The zero-order valence-corrected chi connectivity index (χ0v) is 27.0. The number of thiophene rings is 1. The number of para-hydroxylation sites is 1. The Balaban J connectivity index is 1.33. The fourth-order valence-electron chi connectivity index (χ4n) is 7.63. The average molecular weight is 624 g/mol. The van der Waals surface area contributed by atoms with Crippen LogP contribution in [0.5, 0.6) is 0 Å². The molecule has 9 rings (SSSR count). The number of fused-ring (bicyclic) bond motifs is 6. The van der Waals surface area contributed by atoms with Gasteiger partial charge in [-0.3, -0.25) is 5.32 Å². The van der Waals surface area contributed by atoms with Gasteiger partial charge in [-0.2, -0.15) is 0 Å². The lowest BCUT2D eigenvalue weighted by molar-refractivity contribution is 0.537. The molecule has 0 fully saturated rings. The van der Waals surface area contributed by atoms with Crippen molar-refractivity contribution in [1.29, 1.82) is 0 Å². The van der Waals surface area contributed by atoms with Gasteiger partial charge in [0.25, 0.3) is 0 Å². The first-order chi connectivity index (χ1) is 23.2. The molecular weight excluding hydrogens is 591 g/mol. The van der Waals surface area contributed by atoms with E-state index in [1.54, 1.807) is 0 Å². The van der Waals surface area contributed by atoms with Crippen LogP contribution in [0.3, 0.4) is 0 Å². The van der Waals surface area contributed by atoms with E-state index in [2.05, 4.69) is 152 Å². The fraction of sp³-hybridized carbons (Fsp3) is 0.0909. The Morgan fingerprint density at radius 3 is 2.15 bits per heavy atom. The maximum absolute atomic E-state index is 6.70. The van der Waals surface area contributed by atoms with Crippen molar-refractivity contribution < 1.29 is 4.42 Å². The van der Waals surface area contributed by atoms with E-state index in [-0.39, 0.29) is 12.1 Å². The van der Waals surface area contributed by atoms with Crippen molar-refractivity contribution in [3.05, 3.63) is 174 Å². The number of furan rings is 1. The molecule has 0 bridgehead atoms. The summed E-state index contributed by atoms with van der Waals surface area (Å²) < 4.78 is 9.33. The molecule has 0 radical (unpaired) electrons. The molecule has 2 unspecified atom stereocenters. The fourth-order valence-corrected chi connectivity index (χ4v) is 8.77. The van der Waals surface area contributed by atoms with Gasteiger partial charge in [-0.25, -0.2) is 0 Å². The zero-order chi connectivity index (χ0) is 31.5. The van der Waals surface area contributed by atoms with Crippen molar-refractivity contribution >= 4 is 59.0 Å². The quantitative estimate of drug-likeness (QED) is 0.197. The Morgan fingerprint density at radius 1 is 0.638 bits per heavy atom. The van der Waals surface area contributed by atoms with Crippen LogP contribution >= 0.6 is 11.3 Å². The van der Waals surface area contributed by atoms with E-state index in [4.69, 9.17) is 11.0 Å². The Morgan fingerprint density at radius 2 is 1.32 bits per heavy atom. The molecule has 47 heavy (non-hydrogen) atoms. The summed E-state index contributed by atoms with van der Waals surface area (Å²) in [5, 5.41) is 9.09. The lowest BCUT2D eigenvalue weighted by Crippen LogP contribution is -2.27. The van der Waals surface area contributed by atoms with Crippen LogP contribution in [0, 0.1) is 0 Å². The van der Waals surface area contributed by atoms with Gasteiger partial charge in [-0.15, -0.1) is 11.3 Å². The van der Waals surface area contributed by atoms with E-state index in [1.807, 2.05) is 11.3 Å². The van der Waals surface area contributed by atoms with Crippen molar-refractivity contribution in [2.24, 2.45) is 0 Å². The van der Waals surface area contributed by atoms with Crippen LogP contribution < -0.4 is 5.32 Å². The second-order valence-corrected chi connectivity index (χ2v) is 13.7. The minimum Gasteiger partial charge on any atom is -0.455 e. The Bertz CT molecular complexity index is 2500. The predicted octanol–water partition coefficient (Wildman–Crippen LogP) is 12.4. The number of rotatable bonds is 4. The molecule has 0 spiro atoms. The summed E-state index contributed by atoms with van der Waals surface area (Å²) in [6, 6.07) is 49.9. The third-order valence-electron chi connectivity index (χ3n) is 9.87. The first-order valence-corrected chi connectivity index (χ1v) is 17.1. The molecule has 226 valence electrons. The van der Waals surface area contributed by atoms with Crippen LogP contribution in [0.15, 0.2) is 162 Å². The summed E-state index contributed by atoms with van der Waals surface area (Å²) in [6.45, 7) is 7.07. The number of nitrogens with one attached hydrogen (secondary N) is 1. The largest absolute Gasteiger partial charge is 0.455 e. The van der Waals surface area contributed by atoms with E-state index < -0.39 is 0 Å². The molecule has 0 saturated heterocycles. The number of allylic oxidation sites excluding steroid dienone is 1. The summed E-state index contributed by atoms with van der Waals surface area (Å²) >= 11 is 1.87. The average Bonchev–Trinajstić information content (AvgIpc) is 3.67. The second kappa shape index (κ2) is 11.2. The number of hydrogen-bond donors (Lipinski definition) is 1. The monoisotopic (exact) mass is 623 g/mol. The Hall–Kier alpha value is -5.22. The normalized spacial score (nSPS) is 17.3. The van der Waals surface area contributed by atoms with Crippen LogP contribution in [0.1, 0.15) is 42.1 Å². The first-order valence-electron chi connectivity index (χ1n) is 16.2. The predicted molar refractivity (Wildman–Crippen MR) is 200 cm³/mol. The molecule has 3 heteroatoms. The van der Waals surface area contributed by atoms with Gasteiger partial charge in [0, 0.05) is 36.5 Å². The molecule has 2 nitrogen and oxygen atoms in total. The topological polar surface area (TPSA) is 25.2 Å². The summed E-state index contributed by atoms with van der Waals surface area (Å²) in [7, 11) is 0. The summed E-state index contributed by atoms with van der Waals surface area (Å²) in [6.07, 6.45) is 0.758. The molecule has 0 aliphatic carbocycles. The lowest BCUT2D eigenvalue weighted by atomic mass is 9.86. The van der Waals surface area contributed by atoms with E-state index in [9.17, 15) is 0 Å². The molecule has 8 aromatic rings. The SMILES string of the molecule is C=C1CC(c2ccc(-c3ccccc3)c3oc4ccccc4c23)=C(C)C(c2cccc3sc4ccccc4c23)NC1c1ccccc1. The molecular formula is C44H33NOS. The van der Waals surface area contributed by atoms with Crippen molar-refractivity contribution in [2.75, 3.05) is 0 Å². The zero-order valence-electron chi connectivity index (χ0n) is 26.2. The minimum atomic E-state index is -0.0295. The van der Waals surface area contributed by atoms with Crippen LogP contribution in [-0.2, 0) is 0 Å². The standard InChI is InChI=1S/C44H33NOS/c1-27-26-36(32-25-24-31(29-14-5-3-6-15-29)44-41(32)33-18-9-11-21-37(33)46-44)28(2)43(45-42(27)30-16-7-4-8-17-30)35-20-13-23-39-40(35)34-19-10-12-22-38(34)47-39/h3-25,42-43,45H,1,26H2,2H3. The van der Waals surface area contributed by atoms with Gasteiger partial charge in [0.05, 0.1) is 12.1 Å². The van der Waals surface area contributed by atoms with Gasteiger partial charge >= 0.3 is 0 Å². The van der Waals surface area contributed by atoms with Crippen molar-refractivity contribution in [2.45, 2.75) is 25.4 Å². The van der Waals surface area contributed by atoms with Gasteiger partial charge in [-0.05, 0) is 71.0 Å². The van der Waals surface area contributed by atoms with Crippen LogP contribution in [0.4, 0.5) is 0 Å². The molecule has 2 atom stereocenters. The molecule has 0 amide bonds. The molecule has 1 N–H and O–H groups in total. The highest BCUT2D eigenvalue weighted by molar-refractivity contribution is 7.25. The van der Waals surface area contributed by atoms with Gasteiger partial charge in [0.15, 0.2) is 0 Å². The maximum atomic E-state index is 6.70. The van der Waals surface area contributed by atoms with E-state index in [0.717, 1.165) is 39.7 Å². The molecule has 3 heterocycles. The third kappa shape index (κ3) is 4.58. The lowest BCUT2D eigenvalue weighted by Gasteiger charge is -2.27. The highest BCUT2D eigenvalue weighted by Gasteiger charge is 2.31. The highest BCUT2D eigenvalue weighted by atomic mass is 32.1. The van der Waals surface area contributed by atoms with Crippen molar-refractivity contribution in [3.8, 4) is 11.1 Å².